The lowest BCUT2D eigenvalue weighted by molar-refractivity contribution is -0.127. The number of carbonyl (C=O) groups is 3. The van der Waals surface area contributed by atoms with Crippen LogP contribution in [0.3, 0.4) is 0 Å². The normalized spacial score (nSPS) is 33.4. The Morgan fingerprint density at radius 3 is 2.23 bits per heavy atom. The van der Waals surface area contributed by atoms with E-state index in [4.69, 9.17) is 0 Å². The van der Waals surface area contributed by atoms with Gasteiger partial charge in [0.2, 0.25) is 0 Å². The number of imide groups is 1. The molecule has 0 spiro atoms. The smallest absolute Gasteiger partial charge is 0.309 e. The molecule has 0 aromatic heterocycles. The van der Waals surface area contributed by atoms with Crippen LogP contribution in [0.1, 0.15) is 57.4 Å². The van der Waals surface area contributed by atoms with Crippen LogP contribution < -0.4 is 0 Å². The molecule has 1 aliphatic heterocycles. The number of urea groups is 1. The van der Waals surface area contributed by atoms with Gasteiger partial charge in [-0.25, -0.2) is 9.69 Å². The molecule has 1 atom stereocenters. The summed E-state index contributed by atoms with van der Waals surface area (Å²) in [6.07, 6.45) is 8.42. The lowest BCUT2D eigenvalue weighted by Gasteiger charge is -2.59. The Morgan fingerprint density at radius 1 is 1.07 bits per heavy atom. The van der Waals surface area contributed by atoms with Crippen LogP contribution in [0.15, 0.2) is 30.3 Å². The topological polar surface area (TPSA) is 57.7 Å². The Hall–Kier alpha value is -1.82. The molecule has 1 aromatic rings. The standard InChI is InChI=1S/C24H30N2O3S/c1-16(27)30-22(8-7-17-5-3-2-4-6-17)26-21(28)15-25(23(26)29)24-12-18-9-19(13-24)11-20(10-18)14-24/h2-6,18-20,22H,7-15H2,1H3. The maximum Gasteiger partial charge on any atom is 0.328 e. The van der Waals surface area contributed by atoms with Crippen LogP contribution in [0.5, 0.6) is 0 Å². The molecule has 160 valence electrons. The molecule has 4 aliphatic carbocycles. The maximum atomic E-state index is 13.6. The van der Waals surface area contributed by atoms with Crippen LogP contribution in [-0.4, -0.2) is 44.3 Å². The molecule has 0 N–H and O–H groups in total. The van der Waals surface area contributed by atoms with Crippen molar-refractivity contribution in [1.29, 1.82) is 0 Å². The van der Waals surface area contributed by atoms with Crippen molar-refractivity contribution < 1.29 is 14.4 Å². The molecule has 1 unspecified atom stereocenters. The van der Waals surface area contributed by atoms with E-state index in [0.29, 0.717) is 24.2 Å². The lowest BCUT2D eigenvalue weighted by Crippen LogP contribution is -2.61. The highest BCUT2D eigenvalue weighted by molar-refractivity contribution is 8.14. The van der Waals surface area contributed by atoms with Gasteiger partial charge >= 0.3 is 6.03 Å². The molecule has 0 radical (unpaired) electrons. The van der Waals surface area contributed by atoms with E-state index in [0.717, 1.165) is 43.0 Å². The Balaban J connectivity index is 1.35. The first-order valence-corrected chi connectivity index (χ1v) is 12.2. The summed E-state index contributed by atoms with van der Waals surface area (Å²) in [6.45, 7) is 1.70. The molecule has 6 rings (SSSR count). The number of rotatable bonds is 6. The Morgan fingerprint density at radius 2 is 1.67 bits per heavy atom. The van der Waals surface area contributed by atoms with Gasteiger partial charge in [-0.3, -0.25) is 9.59 Å². The number of amides is 3. The largest absolute Gasteiger partial charge is 0.328 e. The monoisotopic (exact) mass is 426 g/mol. The van der Waals surface area contributed by atoms with E-state index in [2.05, 4.69) is 0 Å². The van der Waals surface area contributed by atoms with E-state index in [1.165, 1.54) is 31.1 Å². The van der Waals surface area contributed by atoms with Crippen LogP contribution >= 0.6 is 11.8 Å². The third kappa shape index (κ3) is 3.57. The van der Waals surface area contributed by atoms with Crippen molar-refractivity contribution in [2.45, 2.75) is 69.2 Å². The molecule has 1 saturated heterocycles. The summed E-state index contributed by atoms with van der Waals surface area (Å²) in [5, 5.41) is -0.483. The average Bonchev–Trinajstić information content (AvgIpc) is 3.00. The van der Waals surface area contributed by atoms with Gasteiger partial charge in [0, 0.05) is 12.5 Å². The van der Waals surface area contributed by atoms with E-state index in [1.807, 2.05) is 35.2 Å². The quantitative estimate of drug-likeness (QED) is 0.630. The third-order valence-electron chi connectivity index (χ3n) is 7.69. The van der Waals surface area contributed by atoms with Gasteiger partial charge < -0.3 is 4.90 Å². The minimum Gasteiger partial charge on any atom is -0.309 e. The van der Waals surface area contributed by atoms with Crippen molar-refractivity contribution in [3.63, 3.8) is 0 Å². The minimum atomic E-state index is -0.429. The molecule has 5 nitrogen and oxygen atoms in total. The SMILES string of the molecule is CC(=O)SC(CCc1ccccc1)N1C(=O)CN(C23CC4CC(CC(C4)C2)C3)C1=O. The van der Waals surface area contributed by atoms with Crippen molar-refractivity contribution in [1.82, 2.24) is 9.80 Å². The fourth-order valence-electron chi connectivity index (χ4n) is 6.93. The Labute approximate surface area is 182 Å². The van der Waals surface area contributed by atoms with Gasteiger partial charge in [-0.05, 0) is 74.7 Å². The number of thioether (sulfide) groups is 1. The van der Waals surface area contributed by atoms with Crippen LogP contribution in [0.2, 0.25) is 0 Å². The zero-order valence-corrected chi connectivity index (χ0v) is 18.4. The fraction of sp³-hybridized carbons (Fsp3) is 0.625. The summed E-state index contributed by atoms with van der Waals surface area (Å²) in [4.78, 5) is 41.9. The van der Waals surface area contributed by atoms with E-state index in [9.17, 15) is 14.4 Å². The molecule has 1 aromatic carbocycles. The molecule has 1 heterocycles. The van der Waals surface area contributed by atoms with Crippen molar-refractivity contribution in [2.75, 3.05) is 6.54 Å². The number of aryl methyl sites for hydroxylation is 1. The molecule has 30 heavy (non-hydrogen) atoms. The van der Waals surface area contributed by atoms with Gasteiger partial charge in [0.15, 0.2) is 5.12 Å². The molecule has 4 bridgehead atoms. The predicted molar refractivity (Wildman–Crippen MR) is 117 cm³/mol. The van der Waals surface area contributed by atoms with Gasteiger partial charge in [0.25, 0.3) is 5.91 Å². The molecule has 4 saturated carbocycles. The van der Waals surface area contributed by atoms with Crippen molar-refractivity contribution >= 4 is 28.8 Å². The molecular weight excluding hydrogens is 396 g/mol. The van der Waals surface area contributed by atoms with Crippen LogP contribution in [0.25, 0.3) is 0 Å². The summed E-state index contributed by atoms with van der Waals surface area (Å²) in [5.41, 5.74) is 1.03. The zero-order chi connectivity index (χ0) is 20.9. The van der Waals surface area contributed by atoms with Gasteiger partial charge in [0.1, 0.15) is 6.54 Å². The first-order valence-electron chi connectivity index (χ1n) is 11.3. The fourth-order valence-corrected chi connectivity index (χ4v) is 7.86. The predicted octanol–water partition coefficient (Wildman–Crippen LogP) is 4.46. The number of carbonyl (C=O) groups excluding carboxylic acids is 3. The highest BCUT2D eigenvalue weighted by atomic mass is 32.2. The van der Waals surface area contributed by atoms with Crippen LogP contribution in [-0.2, 0) is 16.0 Å². The summed E-state index contributed by atoms with van der Waals surface area (Å²) >= 11 is 1.12. The molecule has 3 amide bonds. The van der Waals surface area contributed by atoms with Crippen molar-refractivity contribution in [3.05, 3.63) is 35.9 Å². The zero-order valence-electron chi connectivity index (χ0n) is 17.6. The number of benzene rings is 1. The number of hydrogen-bond donors (Lipinski definition) is 0. The summed E-state index contributed by atoms with van der Waals surface area (Å²) < 4.78 is 0. The van der Waals surface area contributed by atoms with E-state index in [-0.39, 0.29) is 29.1 Å². The van der Waals surface area contributed by atoms with E-state index < -0.39 is 5.37 Å². The van der Waals surface area contributed by atoms with Gasteiger partial charge in [0.05, 0.1) is 5.37 Å². The average molecular weight is 427 g/mol. The van der Waals surface area contributed by atoms with E-state index in [1.54, 1.807) is 0 Å². The summed E-state index contributed by atoms with van der Waals surface area (Å²) in [7, 11) is 0. The third-order valence-corrected chi connectivity index (χ3v) is 8.74. The molecule has 5 fully saturated rings. The second-order valence-corrected chi connectivity index (χ2v) is 11.2. The van der Waals surface area contributed by atoms with Crippen LogP contribution in [0.4, 0.5) is 4.79 Å². The summed E-state index contributed by atoms with van der Waals surface area (Å²) in [5.74, 6) is 2.01. The Bertz CT molecular complexity index is 820. The summed E-state index contributed by atoms with van der Waals surface area (Å²) in [6, 6.07) is 9.89. The van der Waals surface area contributed by atoms with Gasteiger partial charge in [-0.2, -0.15) is 0 Å². The minimum absolute atomic E-state index is 0.0538. The van der Waals surface area contributed by atoms with Gasteiger partial charge in [-0.1, -0.05) is 42.1 Å². The molecular formula is C24H30N2O3S. The number of nitrogens with zero attached hydrogens (tertiary/aromatic N) is 2. The second-order valence-electron chi connectivity index (χ2n) is 9.86. The molecule has 5 aliphatic rings. The van der Waals surface area contributed by atoms with Gasteiger partial charge in [-0.15, -0.1) is 0 Å². The maximum absolute atomic E-state index is 13.6. The first-order chi connectivity index (χ1) is 14.4. The van der Waals surface area contributed by atoms with Crippen molar-refractivity contribution in [2.24, 2.45) is 17.8 Å². The van der Waals surface area contributed by atoms with Crippen molar-refractivity contribution in [3.8, 4) is 0 Å². The van der Waals surface area contributed by atoms with E-state index >= 15 is 0 Å². The van der Waals surface area contributed by atoms with Crippen LogP contribution in [0, 0.1) is 17.8 Å². The Kier molecular flexibility index (Phi) is 5.16. The first kappa shape index (κ1) is 20.1. The highest BCUT2D eigenvalue weighted by Crippen LogP contribution is 2.58. The second kappa shape index (κ2) is 7.70. The lowest BCUT2D eigenvalue weighted by atomic mass is 9.52. The number of hydrogen-bond acceptors (Lipinski definition) is 4. The highest BCUT2D eigenvalue weighted by Gasteiger charge is 2.58. The molecule has 6 heteroatoms.